The highest BCUT2D eigenvalue weighted by atomic mass is 16.2. The van der Waals surface area contributed by atoms with Gasteiger partial charge in [0.25, 0.3) is 11.8 Å². The van der Waals surface area contributed by atoms with E-state index in [2.05, 4.69) is 20.2 Å². The van der Waals surface area contributed by atoms with Gasteiger partial charge in [0.05, 0.1) is 0 Å². The molecule has 1 aliphatic heterocycles. The van der Waals surface area contributed by atoms with E-state index in [0.717, 1.165) is 32.4 Å². The molecule has 2 amide bonds. The van der Waals surface area contributed by atoms with Crippen LogP contribution in [-0.4, -0.2) is 40.0 Å². The van der Waals surface area contributed by atoms with Crippen LogP contribution in [0.3, 0.4) is 0 Å². The van der Waals surface area contributed by atoms with E-state index in [4.69, 9.17) is 5.53 Å². The maximum absolute atomic E-state index is 12.5. The van der Waals surface area contributed by atoms with Crippen LogP contribution in [0, 0.1) is 5.92 Å². The molecule has 0 bridgehead atoms. The van der Waals surface area contributed by atoms with Crippen LogP contribution in [-0.2, 0) is 6.42 Å². The van der Waals surface area contributed by atoms with Gasteiger partial charge < -0.3 is 4.90 Å². The molecule has 0 radical (unpaired) electrons. The molecule has 1 aromatic heterocycles. The number of nitrogens with zero attached hydrogens (tertiary/aromatic N) is 6. The van der Waals surface area contributed by atoms with E-state index in [1.165, 1.54) is 0 Å². The van der Waals surface area contributed by atoms with E-state index in [9.17, 15) is 9.59 Å². The predicted octanol–water partition coefficient (Wildman–Crippen LogP) is 2.75. The van der Waals surface area contributed by atoms with E-state index < -0.39 is 5.91 Å². The van der Waals surface area contributed by atoms with Gasteiger partial charge >= 0.3 is 0 Å². The molecule has 2 heterocycles. The molecule has 1 fully saturated rings. The molecule has 2 rings (SSSR count). The van der Waals surface area contributed by atoms with E-state index in [-0.39, 0.29) is 23.2 Å². The quantitative estimate of drug-likeness (QED) is 0.483. The Morgan fingerprint density at radius 3 is 2.61 bits per heavy atom. The van der Waals surface area contributed by atoms with Gasteiger partial charge in [0.1, 0.15) is 5.69 Å². The summed E-state index contributed by atoms with van der Waals surface area (Å²) in [5.74, 6) is -0.674. The Kier molecular flexibility index (Phi) is 5.65. The van der Waals surface area contributed by atoms with Crippen LogP contribution in [0.15, 0.2) is 11.2 Å². The zero-order valence-corrected chi connectivity index (χ0v) is 13.4. The minimum absolute atomic E-state index is 0.0201. The molecule has 0 atom stereocenters. The summed E-state index contributed by atoms with van der Waals surface area (Å²) in [6.45, 7) is 5.43. The van der Waals surface area contributed by atoms with Gasteiger partial charge in [-0.15, -0.1) is 10.2 Å². The van der Waals surface area contributed by atoms with Crippen LogP contribution >= 0.6 is 0 Å². The number of azide groups is 1. The van der Waals surface area contributed by atoms with Gasteiger partial charge in [0.2, 0.25) is 0 Å². The standard InChI is InChI=1S/C15H20N6O2/c1-10(2)8-11-9-12(15(23)21-6-4-3-5-7-21)17-18-13(11)14(22)19-20-16/h9-10H,3-8H2,1-2H3. The molecule has 8 heteroatoms. The molecule has 0 N–H and O–H groups in total. The van der Waals surface area contributed by atoms with Crippen molar-refractivity contribution in [2.45, 2.75) is 39.5 Å². The molecule has 122 valence electrons. The second-order valence-corrected chi connectivity index (χ2v) is 6.05. The Hall–Kier alpha value is -2.47. The second-order valence-electron chi connectivity index (χ2n) is 6.05. The summed E-state index contributed by atoms with van der Waals surface area (Å²) in [6.07, 6.45) is 3.67. The summed E-state index contributed by atoms with van der Waals surface area (Å²) in [4.78, 5) is 28.6. The monoisotopic (exact) mass is 316 g/mol. The summed E-state index contributed by atoms with van der Waals surface area (Å²) < 4.78 is 0. The molecule has 1 saturated heterocycles. The van der Waals surface area contributed by atoms with Gasteiger partial charge in [-0.1, -0.05) is 13.8 Å². The number of rotatable bonds is 4. The maximum atomic E-state index is 12.5. The van der Waals surface area contributed by atoms with Crippen LogP contribution in [0.4, 0.5) is 0 Å². The van der Waals surface area contributed by atoms with Crippen LogP contribution < -0.4 is 0 Å². The maximum Gasteiger partial charge on any atom is 0.274 e. The van der Waals surface area contributed by atoms with Gasteiger partial charge in [-0.2, -0.15) is 0 Å². The van der Waals surface area contributed by atoms with E-state index in [1.54, 1.807) is 11.0 Å². The number of carbonyl (C=O) groups is 2. The van der Waals surface area contributed by atoms with E-state index in [0.29, 0.717) is 12.0 Å². The first-order valence-electron chi connectivity index (χ1n) is 7.78. The zero-order valence-electron chi connectivity index (χ0n) is 13.4. The number of carbonyl (C=O) groups excluding carboxylic acids is 2. The largest absolute Gasteiger partial charge is 0.337 e. The third-order valence-corrected chi connectivity index (χ3v) is 3.70. The number of piperidine rings is 1. The zero-order chi connectivity index (χ0) is 16.8. The highest BCUT2D eigenvalue weighted by Gasteiger charge is 2.22. The van der Waals surface area contributed by atoms with Crippen molar-refractivity contribution >= 4 is 11.8 Å². The summed E-state index contributed by atoms with van der Waals surface area (Å²) in [5.41, 5.74) is 9.26. The summed E-state index contributed by atoms with van der Waals surface area (Å²) >= 11 is 0. The van der Waals surface area contributed by atoms with Crippen molar-refractivity contribution in [1.29, 1.82) is 0 Å². The summed E-state index contributed by atoms with van der Waals surface area (Å²) in [6, 6.07) is 1.60. The molecule has 0 unspecified atom stereocenters. The molecule has 0 saturated carbocycles. The molecule has 0 spiro atoms. The van der Waals surface area contributed by atoms with Gasteiger partial charge in [-0.25, -0.2) is 0 Å². The average Bonchev–Trinajstić information content (AvgIpc) is 2.54. The Bertz CT molecular complexity index is 645. The summed E-state index contributed by atoms with van der Waals surface area (Å²) in [5, 5.41) is 10.8. The highest BCUT2D eigenvalue weighted by Crippen LogP contribution is 2.17. The number of amides is 2. The van der Waals surface area contributed by atoms with Crippen molar-refractivity contribution in [3.63, 3.8) is 0 Å². The molecule has 8 nitrogen and oxygen atoms in total. The fourth-order valence-electron chi connectivity index (χ4n) is 2.66. The lowest BCUT2D eigenvalue weighted by molar-refractivity contribution is 0.0716. The topological polar surface area (TPSA) is 112 Å². The van der Waals surface area contributed by atoms with E-state index in [1.807, 2.05) is 13.8 Å². The molecule has 1 aliphatic rings. The minimum Gasteiger partial charge on any atom is -0.337 e. The Balaban J connectivity index is 2.32. The van der Waals surface area contributed by atoms with Gasteiger partial charge in [0.15, 0.2) is 5.69 Å². The molecule has 0 aromatic carbocycles. The number of hydrogen-bond donors (Lipinski definition) is 0. The Labute approximate surface area is 134 Å². The molecular weight excluding hydrogens is 296 g/mol. The first-order chi connectivity index (χ1) is 11.0. The van der Waals surface area contributed by atoms with Crippen LogP contribution in [0.5, 0.6) is 0 Å². The third-order valence-electron chi connectivity index (χ3n) is 3.70. The van der Waals surface area contributed by atoms with Crippen LogP contribution in [0.25, 0.3) is 10.4 Å². The molecule has 0 aliphatic carbocycles. The molecule has 23 heavy (non-hydrogen) atoms. The Morgan fingerprint density at radius 2 is 2.00 bits per heavy atom. The lowest BCUT2D eigenvalue weighted by atomic mass is 10.0. The van der Waals surface area contributed by atoms with Gasteiger partial charge in [0, 0.05) is 18.0 Å². The number of aromatic nitrogens is 2. The molecular formula is C15H20N6O2. The van der Waals surface area contributed by atoms with Crippen molar-refractivity contribution in [3.8, 4) is 0 Å². The van der Waals surface area contributed by atoms with Crippen molar-refractivity contribution < 1.29 is 9.59 Å². The third kappa shape index (κ3) is 4.26. The Morgan fingerprint density at radius 1 is 1.30 bits per heavy atom. The number of likely N-dealkylation sites (tertiary alicyclic amines) is 1. The lowest BCUT2D eigenvalue weighted by Crippen LogP contribution is -2.36. The lowest BCUT2D eigenvalue weighted by Gasteiger charge is -2.26. The summed E-state index contributed by atoms with van der Waals surface area (Å²) in [7, 11) is 0. The van der Waals surface area contributed by atoms with Crippen LogP contribution in [0.1, 0.15) is 59.7 Å². The SMILES string of the molecule is CC(C)Cc1cc(C(=O)N2CCCCC2)nnc1C(=O)N=[N+]=[N-]. The normalized spacial score (nSPS) is 14.5. The van der Waals surface area contributed by atoms with Gasteiger partial charge in [-0.3, -0.25) is 9.59 Å². The first-order valence-corrected chi connectivity index (χ1v) is 7.78. The fourth-order valence-corrected chi connectivity index (χ4v) is 2.66. The fraction of sp³-hybridized carbons (Fsp3) is 0.600. The van der Waals surface area contributed by atoms with Crippen molar-refractivity contribution in [3.05, 3.63) is 33.5 Å². The van der Waals surface area contributed by atoms with Crippen molar-refractivity contribution in [2.75, 3.05) is 13.1 Å². The second kappa shape index (κ2) is 7.69. The van der Waals surface area contributed by atoms with Crippen molar-refractivity contribution in [2.24, 2.45) is 11.0 Å². The minimum atomic E-state index is -0.771. The van der Waals surface area contributed by atoms with Gasteiger partial charge in [-0.05, 0) is 53.9 Å². The van der Waals surface area contributed by atoms with Crippen LogP contribution in [0.2, 0.25) is 0 Å². The predicted molar refractivity (Wildman–Crippen MR) is 83.8 cm³/mol. The highest BCUT2D eigenvalue weighted by molar-refractivity contribution is 5.96. The van der Waals surface area contributed by atoms with E-state index >= 15 is 0 Å². The first kappa shape index (κ1) is 16.9. The number of hydrogen-bond acceptors (Lipinski definition) is 4. The average molecular weight is 316 g/mol. The van der Waals surface area contributed by atoms with Crippen molar-refractivity contribution in [1.82, 2.24) is 15.1 Å². The molecule has 1 aromatic rings. The smallest absolute Gasteiger partial charge is 0.274 e.